The van der Waals surface area contributed by atoms with Gasteiger partial charge >= 0.3 is 5.97 Å². The molecule has 4 aromatic rings. The molecule has 6 nitrogen and oxygen atoms in total. The lowest BCUT2D eigenvalue weighted by Crippen LogP contribution is -2.62. The Hall–Kier alpha value is -3.46. The van der Waals surface area contributed by atoms with E-state index in [0.29, 0.717) is 18.8 Å². The third kappa shape index (κ3) is 6.30. The second-order valence-corrected chi connectivity index (χ2v) is 10.8. The van der Waals surface area contributed by atoms with Crippen molar-refractivity contribution < 1.29 is 28.5 Å². The van der Waals surface area contributed by atoms with Gasteiger partial charge in [-0.05, 0) is 29.8 Å². The molecular formula is C33H30O6S. The lowest BCUT2D eigenvalue weighted by atomic mass is 9.98. The number of rotatable bonds is 8. The van der Waals surface area contributed by atoms with E-state index >= 15 is 0 Å². The summed E-state index contributed by atoms with van der Waals surface area (Å²) >= 11 is 1.50. The first-order chi connectivity index (χ1) is 19.7. The fraction of sp³-hybridized carbons (Fsp3) is 0.242. The fourth-order valence-corrected chi connectivity index (χ4v) is 6.03. The van der Waals surface area contributed by atoms with Crippen molar-refractivity contribution in [2.75, 3.05) is 6.61 Å². The highest BCUT2D eigenvalue weighted by atomic mass is 32.2. The van der Waals surface area contributed by atoms with Crippen LogP contribution in [0, 0.1) is 0 Å². The maximum Gasteiger partial charge on any atom is 0.338 e. The van der Waals surface area contributed by atoms with Gasteiger partial charge in [-0.1, -0.05) is 109 Å². The van der Waals surface area contributed by atoms with Crippen LogP contribution >= 0.6 is 11.8 Å². The molecule has 0 N–H and O–H groups in total. The largest absolute Gasteiger partial charge is 0.452 e. The summed E-state index contributed by atoms with van der Waals surface area (Å²) in [5.41, 5.74) is 1.83. The Bertz CT molecular complexity index is 1360. The smallest absolute Gasteiger partial charge is 0.338 e. The number of ether oxygens (including phenoxy) is 5. The molecule has 2 heterocycles. The molecular weight excluding hydrogens is 524 g/mol. The van der Waals surface area contributed by atoms with Gasteiger partial charge in [0.25, 0.3) is 0 Å². The zero-order valence-corrected chi connectivity index (χ0v) is 22.6. The Morgan fingerprint density at radius 2 is 1.38 bits per heavy atom. The van der Waals surface area contributed by atoms with Crippen molar-refractivity contribution >= 4 is 17.7 Å². The summed E-state index contributed by atoms with van der Waals surface area (Å²) in [6, 6.07) is 38.6. The number of carbonyl (C=O) groups excluding carboxylic acids is 1. The van der Waals surface area contributed by atoms with Gasteiger partial charge < -0.3 is 23.7 Å². The van der Waals surface area contributed by atoms with E-state index in [1.165, 1.54) is 11.8 Å². The van der Waals surface area contributed by atoms with Gasteiger partial charge in [0, 0.05) is 10.5 Å². The van der Waals surface area contributed by atoms with Crippen molar-refractivity contribution in [2.45, 2.75) is 47.6 Å². The minimum atomic E-state index is -0.752. The monoisotopic (exact) mass is 554 g/mol. The van der Waals surface area contributed by atoms with Crippen molar-refractivity contribution in [3.63, 3.8) is 0 Å². The Morgan fingerprint density at radius 3 is 2.08 bits per heavy atom. The highest BCUT2D eigenvalue weighted by Gasteiger charge is 2.52. The van der Waals surface area contributed by atoms with Gasteiger partial charge in [0.1, 0.15) is 23.7 Å². The van der Waals surface area contributed by atoms with Gasteiger partial charge in [0.15, 0.2) is 12.4 Å². The van der Waals surface area contributed by atoms with Crippen molar-refractivity contribution in [1.29, 1.82) is 0 Å². The average molecular weight is 555 g/mol. The van der Waals surface area contributed by atoms with Gasteiger partial charge in [-0.3, -0.25) is 0 Å². The van der Waals surface area contributed by atoms with Crippen LogP contribution in [0.5, 0.6) is 0 Å². The van der Waals surface area contributed by atoms with Crippen molar-refractivity contribution in [1.82, 2.24) is 0 Å². The normalized spacial score (nSPS) is 26.0. The SMILES string of the molecule is O=C(O[C@H]1C(OCc2ccccc2)[C@@H]2OC(c3ccccc3)OCC2O[C@H]1Sc1ccccc1)c1ccccc1. The molecule has 204 valence electrons. The van der Waals surface area contributed by atoms with E-state index in [9.17, 15) is 4.79 Å². The zero-order valence-electron chi connectivity index (χ0n) is 21.8. The van der Waals surface area contributed by atoms with E-state index in [0.717, 1.165) is 16.0 Å². The van der Waals surface area contributed by atoms with Crippen LogP contribution in [-0.4, -0.2) is 42.4 Å². The van der Waals surface area contributed by atoms with Crippen molar-refractivity contribution in [3.05, 3.63) is 138 Å². The summed E-state index contributed by atoms with van der Waals surface area (Å²) in [5.74, 6) is -0.439. The number of fused-ring (bicyclic) bond motifs is 1. The molecule has 0 bridgehead atoms. The quantitative estimate of drug-likeness (QED) is 0.233. The molecule has 0 aliphatic carbocycles. The lowest BCUT2D eigenvalue weighted by Gasteiger charge is -2.48. The Morgan fingerprint density at radius 1 is 0.750 bits per heavy atom. The van der Waals surface area contributed by atoms with Crippen LogP contribution in [0.4, 0.5) is 0 Å². The second-order valence-electron chi connectivity index (χ2n) is 9.65. The minimum absolute atomic E-state index is 0.320. The Labute approximate surface area is 238 Å². The van der Waals surface area contributed by atoms with E-state index < -0.39 is 42.1 Å². The maximum absolute atomic E-state index is 13.4. The van der Waals surface area contributed by atoms with Crippen LogP contribution < -0.4 is 0 Å². The topological polar surface area (TPSA) is 63.2 Å². The third-order valence-corrected chi connectivity index (χ3v) is 8.04. The minimum Gasteiger partial charge on any atom is -0.452 e. The van der Waals surface area contributed by atoms with Gasteiger partial charge in [0.2, 0.25) is 0 Å². The van der Waals surface area contributed by atoms with Gasteiger partial charge in [-0.25, -0.2) is 4.79 Å². The van der Waals surface area contributed by atoms with E-state index in [1.54, 1.807) is 12.1 Å². The summed E-state index contributed by atoms with van der Waals surface area (Å²) in [6.45, 7) is 0.650. The van der Waals surface area contributed by atoms with Crippen LogP contribution in [-0.2, 0) is 30.3 Å². The molecule has 2 aliphatic heterocycles. The fourth-order valence-electron chi connectivity index (χ4n) is 4.90. The molecule has 7 heteroatoms. The lowest BCUT2D eigenvalue weighted by molar-refractivity contribution is -0.324. The van der Waals surface area contributed by atoms with Gasteiger partial charge in [-0.15, -0.1) is 0 Å². The third-order valence-electron chi connectivity index (χ3n) is 6.89. The van der Waals surface area contributed by atoms with E-state index in [-0.39, 0.29) is 0 Å². The zero-order chi connectivity index (χ0) is 27.1. The van der Waals surface area contributed by atoms with Crippen LogP contribution in [0.1, 0.15) is 27.8 Å². The standard InChI is InChI=1S/C33H30O6S/c34-31(24-15-7-2-8-16-24)38-30-29(35-21-23-13-5-1-6-14-23)28-27(37-33(30)40-26-19-11-4-12-20-26)22-36-32(39-28)25-17-9-3-10-18-25/h1-20,27-30,32-33H,21-22H2/t27?,28-,29?,30+,32?,33+/m1/s1. The number of esters is 1. The highest BCUT2D eigenvalue weighted by Crippen LogP contribution is 2.41. The maximum atomic E-state index is 13.4. The van der Waals surface area contributed by atoms with Crippen molar-refractivity contribution in [2.24, 2.45) is 0 Å². The average Bonchev–Trinajstić information content (AvgIpc) is 3.02. The predicted molar refractivity (Wildman–Crippen MR) is 152 cm³/mol. The molecule has 2 saturated heterocycles. The first-order valence-electron chi connectivity index (χ1n) is 13.4. The summed E-state index contributed by atoms with van der Waals surface area (Å²) in [6.07, 6.45) is -2.88. The summed E-state index contributed by atoms with van der Waals surface area (Å²) in [7, 11) is 0. The van der Waals surface area contributed by atoms with Crippen LogP contribution in [0.2, 0.25) is 0 Å². The molecule has 0 amide bonds. The van der Waals surface area contributed by atoms with Crippen LogP contribution in [0.15, 0.2) is 126 Å². The van der Waals surface area contributed by atoms with E-state index in [1.807, 2.05) is 109 Å². The summed E-state index contributed by atoms with van der Waals surface area (Å²) < 4.78 is 32.0. The number of benzene rings is 4. The number of hydrogen-bond acceptors (Lipinski definition) is 7. The highest BCUT2D eigenvalue weighted by molar-refractivity contribution is 7.99. The van der Waals surface area contributed by atoms with E-state index in [4.69, 9.17) is 23.7 Å². The van der Waals surface area contributed by atoms with Crippen LogP contribution in [0.25, 0.3) is 0 Å². The van der Waals surface area contributed by atoms with Crippen molar-refractivity contribution in [3.8, 4) is 0 Å². The molecule has 6 atom stereocenters. The summed E-state index contributed by atoms with van der Waals surface area (Å²) in [4.78, 5) is 14.4. The molecule has 6 rings (SSSR count). The molecule has 0 aromatic heterocycles. The van der Waals surface area contributed by atoms with Gasteiger partial charge in [-0.2, -0.15) is 0 Å². The van der Waals surface area contributed by atoms with Crippen LogP contribution in [0.3, 0.4) is 0 Å². The Balaban J connectivity index is 1.33. The molecule has 0 saturated carbocycles. The molecule has 2 aliphatic rings. The first-order valence-corrected chi connectivity index (χ1v) is 14.2. The molecule has 40 heavy (non-hydrogen) atoms. The Kier molecular flexibility index (Phi) is 8.56. The second kappa shape index (κ2) is 12.8. The molecule has 4 aromatic carbocycles. The summed E-state index contributed by atoms with van der Waals surface area (Å²) in [5, 5.41) is 0. The molecule has 3 unspecified atom stereocenters. The number of thioether (sulfide) groups is 1. The molecule has 0 spiro atoms. The van der Waals surface area contributed by atoms with Gasteiger partial charge in [0.05, 0.1) is 18.8 Å². The number of carbonyl (C=O) groups is 1. The first kappa shape index (κ1) is 26.7. The number of hydrogen-bond donors (Lipinski definition) is 0. The molecule has 0 radical (unpaired) electrons. The molecule has 2 fully saturated rings. The van der Waals surface area contributed by atoms with E-state index in [2.05, 4.69) is 0 Å². The predicted octanol–water partition coefficient (Wildman–Crippen LogP) is 6.43.